The van der Waals surface area contributed by atoms with Crippen LogP contribution in [0.5, 0.6) is 0 Å². The summed E-state index contributed by atoms with van der Waals surface area (Å²) in [5.41, 5.74) is 5.37. The Morgan fingerprint density at radius 3 is 0.691 bits per heavy atom. The third kappa shape index (κ3) is 10.1. The quantitative estimate of drug-likeness (QED) is 0.0576. The van der Waals surface area contributed by atoms with Crippen LogP contribution in [0.2, 0.25) is 0 Å². The zero-order valence-corrected chi connectivity index (χ0v) is 39.3. The van der Waals surface area contributed by atoms with Crippen molar-refractivity contribution < 1.29 is 9.59 Å². The van der Waals surface area contributed by atoms with Crippen LogP contribution >= 0.6 is 0 Å². The van der Waals surface area contributed by atoms with Crippen molar-refractivity contribution in [3.8, 4) is 24.3 Å². The number of carbonyl (C=O) groups excluding carboxylic acids is 2. The fraction of sp³-hybridized carbons (Fsp3) is 0.276. The number of ketones is 2. The smallest absolute Gasteiger partial charge is 0.198 e. The molecule has 1 aliphatic carbocycles. The van der Waals surface area contributed by atoms with E-state index in [1.807, 2.05) is 97.1 Å². The van der Waals surface area contributed by atoms with Crippen molar-refractivity contribution >= 4 is 57.1 Å². The molecule has 0 saturated carbocycles. The summed E-state index contributed by atoms with van der Waals surface area (Å²) in [5, 5.41) is 57.2. The molecule has 0 radical (unpaired) electrons. The van der Waals surface area contributed by atoms with Crippen LogP contribution in [-0.2, 0) is 25.7 Å². The minimum atomic E-state index is -0.684. The van der Waals surface area contributed by atoms with Crippen LogP contribution in [0.25, 0.3) is 0 Å². The van der Waals surface area contributed by atoms with Gasteiger partial charge in [-0.2, -0.15) is 21.0 Å². The Balaban J connectivity index is 1.51. The van der Waals surface area contributed by atoms with E-state index in [-0.39, 0.29) is 67.3 Å². The Bertz CT molecular complexity index is 2590. The second kappa shape index (κ2) is 22.3. The van der Waals surface area contributed by atoms with E-state index in [0.29, 0.717) is 22.7 Å². The molecule has 68 heavy (non-hydrogen) atoms. The van der Waals surface area contributed by atoms with Crippen molar-refractivity contribution in [2.24, 2.45) is 0 Å². The molecule has 0 amide bonds. The Labute approximate surface area is 400 Å². The maximum atomic E-state index is 16.0. The van der Waals surface area contributed by atoms with E-state index in [1.54, 1.807) is 0 Å². The van der Waals surface area contributed by atoms with Gasteiger partial charge >= 0.3 is 0 Å². The lowest BCUT2D eigenvalue weighted by Crippen LogP contribution is -2.28. The Morgan fingerprint density at radius 2 is 0.529 bits per heavy atom. The van der Waals surface area contributed by atoms with Gasteiger partial charge in [-0.15, -0.1) is 0 Å². The number of nitriles is 4. The lowest BCUT2D eigenvalue weighted by atomic mass is 9.76. The van der Waals surface area contributed by atoms with E-state index in [4.69, 9.17) is 0 Å². The number of nitrogens with zero attached hydrogens (tertiary/aromatic N) is 4. The Hall–Kier alpha value is -8.18. The molecule has 0 aromatic heterocycles. The van der Waals surface area contributed by atoms with Gasteiger partial charge in [-0.3, -0.25) is 9.59 Å². The topological polar surface area (TPSA) is 177 Å². The second-order valence-electron chi connectivity index (χ2n) is 17.3. The number of unbranched alkanes of at least 4 members (excludes halogenated alkanes) is 4. The SMILES string of the molecule is CCCCc1ccc(Nc2c(C#N)c(C#N)c(Nc3ccc(CCCC)cc3)c3c2C(=O)c2c(Nc4ccc(CCCC)cc4)c(C#N)c(C#N)c(Nc4ccc(CCCC)cc4)c2C3=O)cc1. The van der Waals surface area contributed by atoms with Crippen molar-refractivity contribution in [1.29, 1.82) is 21.0 Å². The fourth-order valence-corrected chi connectivity index (χ4v) is 8.73. The summed E-state index contributed by atoms with van der Waals surface area (Å²) >= 11 is 0. The number of fused-ring (bicyclic) bond motifs is 2. The van der Waals surface area contributed by atoms with Crippen molar-refractivity contribution in [3.63, 3.8) is 0 Å². The number of nitrogens with one attached hydrogen (secondary N) is 4. The standard InChI is InChI=1S/C58H56N8O2/c1-5-9-13-37-17-25-41(26-18-37)63-53-45(33-59)46(34-60)54(64-42-27-19-38(20-28-42)14-10-6-2)50-49(53)57(67)51-52(58(50)68)56(66-44-31-23-40(24-32-44)16-12-8-4)48(36-62)47(35-61)55(51)65-43-29-21-39(22-30-43)15-11-7-3/h17-32,63-66H,5-16H2,1-4H3. The molecule has 10 nitrogen and oxygen atoms in total. The molecule has 6 aromatic carbocycles. The summed E-state index contributed by atoms with van der Waals surface area (Å²) in [6.07, 6.45) is 11.7. The number of benzene rings is 6. The first kappa shape index (κ1) is 47.8. The van der Waals surface area contributed by atoms with E-state index >= 15 is 9.59 Å². The van der Waals surface area contributed by atoms with Gasteiger partial charge in [0.25, 0.3) is 0 Å². The summed E-state index contributed by atoms with van der Waals surface area (Å²) < 4.78 is 0. The first-order valence-corrected chi connectivity index (χ1v) is 23.8. The number of rotatable bonds is 20. The van der Waals surface area contributed by atoms with E-state index in [0.717, 1.165) is 99.3 Å². The molecule has 0 spiro atoms. The zero-order valence-electron chi connectivity index (χ0n) is 39.3. The third-order valence-corrected chi connectivity index (χ3v) is 12.5. The molecule has 0 atom stereocenters. The Kier molecular flexibility index (Phi) is 15.7. The minimum Gasteiger partial charge on any atom is -0.354 e. The van der Waals surface area contributed by atoms with Crippen LogP contribution in [0.15, 0.2) is 97.1 Å². The van der Waals surface area contributed by atoms with Crippen LogP contribution in [0.1, 0.15) is 155 Å². The molecule has 0 heterocycles. The van der Waals surface area contributed by atoms with Gasteiger partial charge in [0.05, 0.1) is 67.3 Å². The molecule has 1 aliphatic rings. The third-order valence-electron chi connectivity index (χ3n) is 12.5. The largest absolute Gasteiger partial charge is 0.354 e. The monoisotopic (exact) mass is 896 g/mol. The molecule has 0 fully saturated rings. The van der Waals surface area contributed by atoms with E-state index < -0.39 is 11.6 Å². The summed E-state index contributed by atoms with van der Waals surface area (Å²) in [7, 11) is 0. The molecule has 0 aliphatic heterocycles. The molecule has 7 rings (SSSR count). The van der Waals surface area contributed by atoms with Crippen molar-refractivity contribution in [1.82, 2.24) is 0 Å². The Morgan fingerprint density at radius 1 is 0.338 bits per heavy atom. The summed E-state index contributed by atoms with van der Waals surface area (Å²) in [5.74, 6) is -1.37. The minimum absolute atomic E-state index is 0.0175. The van der Waals surface area contributed by atoms with Crippen molar-refractivity contribution in [2.45, 2.75) is 105 Å². The number of hydrogen-bond acceptors (Lipinski definition) is 10. The van der Waals surface area contributed by atoms with Crippen LogP contribution in [0.4, 0.5) is 45.5 Å². The molecule has 4 N–H and O–H groups in total. The van der Waals surface area contributed by atoms with Gasteiger partial charge in [0.15, 0.2) is 11.6 Å². The van der Waals surface area contributed by atoms with Crippen LogP contribution in [-0.4, -0.2) is 11.6 Å². The van der Waals surface area contributed by atoms with Crippen LogP contribution in [0, 0.1) is 45.3 Å². The number of hydrogen-bond donors (Lipinski definition) is 4. The molecular formula is C58H56N8O2. The highest BCUT2D eigenvalue weighted by Gasteiger charge is 2.43. The number of anilines is 8. The first-order valence-electron chi connectivity index (χ1n) is 23.8. The van der Waals surface area contributed by atoms with Crippen molar-refractivity contribution in [3.05, 3.63) is 164 Å². The fourth-order valence-electron chi connectivity index (χ4n) is 8.73. The number of aryl methyl sites for hydroxylation is 4. The summed E-state index contributed by atoms with van der Waals surface area (Å²) in [6.45, 7) is 8.51. The molecule has 0 bridgehead atoms. The van der Waals surface area contributed by atoms with Crippen LogP contribution in [0.3, 0.4) is 0 Å². The van der Waals surface area contributed by atoms with Crippen LogP contribution < -0.4 is 21.3 Å². The van der Waals surface area contributed by atoms with Gasteiger partial charge in [-0.25, -0.2) is 0 Å². The van der Waals surface area contributed by atoms with E-state index in [9.17, 15) is 21.0 Å². The van der Waals surface area contributed by atoms with Gasteiger partial charge < -0.3 is 21.3 Å². The lowest BCUT2D eigenvalue weighted by molar-refractivity contribution is 0.0981. The van der Waals surface area contributed by atoms with Gasteiger partial charge in [-0.1, -0.05) is 102 Å². The average Bonchev–Trinajstić information content (AvgIpc) is 3.37. The maximum absolute atomic E-state index is 16.0. The molecule has 0 saturated heterocycles. The van der Waals surface area contributed by atoms with Gasteiger partial charge in [0.2, 0.25) is 0 Å². The summed E-state index contributed by atoms with van der Waals surface area (Å²) in [6, 6.07) is 39.4. The van der Waals surface area contributed by atoms with Crippen molar-refractivity contribution in [2.75, 3.05) is 21.3 Å². The predicted octanol–water partition coefficient (Wildman–Crippen LogP) is 14.3. The van der Waals surface area contributed by atoms with Gasteiger partial charge in [0, 0.05) is 22.7 Å². The first-order chi connectivity index (χ1) is 33.2. The second-order valence-corrected chi connectivity index (χ2v) is 17.3. The van der Waals surface area contributed by atoms with Gasteiger partial charge in [-0.05, 0) is 122 Å². The lowest BCUT2D eigenvalue weighted by Gasteiger charge is -2.30. The highest BCUT2D eigenvalue weighted by molar-refractivity contribution is 6.36. The predicted molar refractivity (Wildman–Crippen MR) is 272 cm³/mol. The molecular weight excluding hydrogens is 841 g/mol. The normalized spacial score (nSPS) is 11.4. The molecule has 10 heteroatoms. The number of carbonyl (C=O) groups is 2. The highest BCUT2D eigenvalue weighted by atomic mass is 16.1. The van der Waals surface area contributed by atoms with Gasteiger partial charge in [0.1, 0.15) is 24.3 Å². The average molecular weight is 897 g/mol. The maximum Gasteiger partial charge on any atom is 0.198 e. The van der Waals surface area contributed by atoms with E-state index in [2.05, 4.69) is 73.2 Å². The molecule has 6 aromatic rings. The molecule has 0 unspecified atom stereocenters. The summed E-state index contributed by atoms with van der Waals surface area (Å²) in [4.78, 5) is 32.0. The highest BCUT2D eigenvalue weighted by Crippen LogP contribution is 2.49. The zero-order chi connectivity index (χ0) is 48.2. The molecule has 340 valence electrons. The van der Waals surface area contributed by atoms with E-state index in [1.165, 1.54) is 0 Å².